The first-order valence-corrected chi connectivity index (χ1v) is 6.22. The van der Waals surface area contributed by atoms with Crippen molar-refractivity contribution in [3.8, 4) is 11.5 Å². The zero-order chi connectivity index (χ0) is 13.5. The van der Waals surface area contributed by atoms with E-state index >= 15 is 0 Å². The molecule has 0 aliphatic rings. The number of ether oxygens (including phenoxy) is 2. The summed E-state index contributed by atoms with van der Waals surface area (Å²) in [4.78, 5) is 7.07. The van der Waals surface area contributed by atoms with E-state index in [9.17, 15) is 0 Å². The third-order valence-corrected chi connectivity index (χ3v) is 2.90. The number of imidazole rings is 1. The summed E-state index contributed by atoms with van der Waals surface area (Å²) in [7, 11) is 3.29. The number of aromatic nitrogens is 2. The Bertz CT molecular complexity index is 497. The largest absolute Gasteiger partial charge is 0.493 e. The minimum atomic E-state index is 0.753. The number of benzene rings is 1. The second-order valence-electron chi connectivity index (χ2n) is 4.19. The van der Waals surface area contributed by atoms with E-state index in [0.29, 0.717) is 0 Å². The van der Waals surface area contributed by atoms with E-state index in [1.807, 2.05) is 24.4 Å². The molecule has 2 rings (SSSR count). The van der Waals surface area contributed by atoms with Gasteiger partial charge in [-0.3, -0.25) is 0 Å². The maximum atomic E-state index is 5.28. The minimum absolute atomic E-state index is 0.753. The quantitative estimate of drug-likeness (QED) is 0.746. The van der Waals surface area contributed by atoms with Crippen LogP contribution in [-0.4, -0.2) is 30.7 Å². The van der Waals surface area contributed by atoms with Gasteiger partial charge in [-0.1, -0.05) is 6.07 Å². The summed E-state index contributed by atoms with van der Waals surface area (Å²) in [6, 6.07) is 5.94. The smallest absolute Gasteiger partial charge is 0.161 e. The molecule has 2 aromatic rings. The normalized spacial score (nSPS) is 10.4. The monoisotopic (exact) mass is 261 g/mol. The highest BCUT2D eigenvalue weighted by Crippen LogP contribution is 2.27. The van der Waals surface area contributed by atoms with Crippen molar-refractivity contribution < 1.29 is 9.47 Å². The van der Waals surface area contributed by atoms with Gasteiger partial charge in [-0.2, -0.15) is 0 Å². The van der Waals surface area contributed by atoms with Gasteiger partial charge in [0.05, 0.1) is 20.5 Å². The van der Waals surface area contributed by atoms with Crippen LogP contribution in [0.5, 0.6) is 11.5 Å². The molecule has 2 N–H and O–H groups in total. The second-order valence-corrected chi connectivity index (χ2v) is 4.19. The van der Waals surface area contributed by atoms with Gasteiger partial charge in [0.25, 0.3) is 0 Å². The Morgan fingerprint density at radius 2 is 2.05 bits per heavy atom. The third kappa shape index (κ3) is 3.72. The third-order valence-electron chi connectivity index (χ3n) is 2.90. The van der Waals surface area contributed by atoms with Crippen LogP contribution < -0.4 is 14.8 Å². The van der Waals surface area contributed by atoms with Crippen LogP contribution in [0.2, 0.25) is 0 Å². The Labute approximate surface area is 113 Å². The van der Waals surface area contributed by atoms with E-state index in [1.165, 1.54) is 5.56 Å². The van der Waals surface area contributed by atoms with Crippen LogP contribution in [0, 0.1) is 0 Å². The summed E-state index contributed by atoms with van der Waals surface area (Å²) in [5, 5.41) is 3.38. The molecule has 0 atom stereocenters. The van der Waals surface area contributed by atoms with Gasteiger partial charge in [-0.25, -0.2) is 4.98 Å². The first-order valence-electron chi connectivity index (χ1n) is 6.22. The summed E-state index contributed by atoms with van der Waals surface area (Å²) in [5.41, 5.74) is 2.31. The van der Waals surface area contributed by atoms with Crippen molar-refractivity contribution in [2.45, 2.75) is 13.0 Å². The maximum absolute atomic E-state index is 5.28. The molecule has 0 bridgehead atoms. The first-order chi connectivity index (χ1) is 9.33. The molecule has 0 aliphatic heterocycles. The molecule has 0 amide bonds. The van der Waals surface area contributed by atoms with Gasteiger partial charge < -0.3 is 19.8 Å². The number of methoxy groups -OCH3 is 2. The SMILES string of the molecule is COc1ccc(CNCCc2cnc[nH]2)cc1OC. The number of hydrogen-bond donors (Lipinski definition) is 2. The van der Waals surface area contributed by atoms with E-state index in [4.69, 9.17) is 9.47 Å². The number of aromatic amines is 1. The van der Waals surface area contributed by atoms with Gasteiger partial charge in [0.15, 0.2) is 11.5 Å². The van der Waals surface area contributed by atoms with Crippen LogP contribution in [-0.2, 0) is 13.0 Å². The van der Waals surface area contributed by atoms with Crippen molar-refractivity contribution in [3.05, 3.63) is 42.0 Å². The van der Waals surface area contributed by atoms with Crippen molar-refractivity contribution in [1.29, 1.82) is 0 Å². The summed E-state index contributed by atoms with van der Waals surface area (Å²) in [5.74, 6) is 1.51. The molecule has 1 aromatic heterocycles. The van der Waals surface area contributed by atoms with Crippen molar-refractivity contribution in [1.82, 2.24) is 15.3 Å². The molecule has 0 saturated heterocycles. The van der Waals surface area contributed by atoms with Gasteiger partial charge in [0.2, 0.25) is 0 Å². The number of nitrogens with zero attached hydrogens (tertiary/aromatic N) is 1. The fourth-order valence-corrected chi connectivity index (χ4v) is 1.87. The lowest BCUT2D eigenvalue weighted by molar-refractivity contribution is 0.354. The molecule has 0 fully saturated rings. The van der Waals surface area contributed by atoms with Gasteiger partial charge in [-0.05, 0) is 17.7 Å². The second kappa shape index (κ2) is 6.80. The zero-order valence-corrected chi connectivity index (χ0v) is 11.3. The highest BCUT2D eigenvalue weighted by molar-refractivity contribution is 5.42. The number of H-pyrrole nitrogens is 1. The van der Waals surface area contributed by atoms with Crippen LogP contribution in [0.25, 0.3) is 0 Å². The van der Waals surface area contributed by atoms with Gasteiger partial charge in [0.1, 0.15) is 0 Å². The molecule has 5 nitrogen and oxygen atoms in total. The van der Waals surface area contributed by atoms with Crippen LogP contribution in [0.1, 0.15) is 11.3 Å². The molecular weight excluding hydrogens is 242 g/mol. The van der Waals surface area contributed by atoms with Crippen LogP contribution in [0.3, 0.4) is 0 Å². The Morgan fingerprint density at radius 1 is 1.21 bits per heavy atom. The molecule has 1 aromatic carbocycles. The van der Waals surface area contributed by atoms with Crippen molar-refractivity contribution in [2.24, 2.45) is 0 Å². The summed E-state index contributed by atoms with van der Waals surface area (Å²) >= 11 is 0. The lowest BCUT2D eigenvalue weighted by Crippen LogP contribution is -2.16. The highest BCUT2D eigenvalue weighted by atomic mass is 16.5. The van der Waals surface area contributed by atoms with Crippen LogP contribution in [0.15, 0.2) is 30.7 Å². The predicted octanol–water partition coefficient (Wildman–Crippen LogP) is 1.76. The topological polar surface area (TPSA) is 59.2 Å². The molecule has 0 spiro atoms. The standard InChI is InChI=1S/C14H19N3O2/c1-18-13-4-3-11(7-14(13)19-2)8-15-6-5-12-9-16-10-17-12/h3-4,7,9-10,15H,5-6,8H2,1-2H3,(H,16,17). The average molecular weight is 261 g/mol. The Hall–Kier alpha value is -2.01. The number of rotatable bonds is 7. The number of nitrogens with one attached hydrogen (secondary N) is 2. The van der Waals surface area contributed by atoms with Crippen molar-refractivity contribution in [3.63, 3.8) is 0 Å². The van der Waals surface area contributed by atoms with E-state index in [1.54, 1.807) is 20.5 Å². The Morgan fingerprint density at radius 3 is 2.74 bits per heavy atom. The fourth-order valence-electron chi connectivity index (χ4n) is 1.87. The van der Waals surface area contributed by atoms with Crippen molar-refractivity contribution >= 4 is 0 Å². The van der Waals surface area contributed by atoms with Gasteiger partial charge in [0, 0.05) is 31.4 Å². The molecule has 5 heteroatoms. The Kier molecular flexibility index (Phi) is 4.80. The fraction of sp³-hybridized carbons (Fsp3) is 0.357. The molecule has 19 heavy (non-hydrogen) atoms. The maximum Gasteiger partial charge on any atom is 0.161 e. The van der Waals surface area contributed by atoms with Crippen LogP contribution >= 0.6 is 0 Å². The average Bonchev–Trinajstić information content (AvgIpc) is 2.96. The van der Waals surface area contributed by atoms with Gasteiger partial charge in [-0.15, -0.1) is 0 Å². The summed E-state index contributed by atoms with van der Waals surface area (Å²) < 4.78 is 10.5. The van der Waals surface area contributed by atoms with Gasteiger partial charge >= 0.3 is 0 Å². The molecule has 0 saturated carbocycles. The van der Waals surface area contributed by atoms with E-state index in [-0.39, 0.29) is 0 Å². The molecule has 0 aliphatic carbocycles. The van der Waals surface area contributed by atoms with E-state index in [2.05, 4.69) is 15.3 Å². The summed E-state index contributed by atoms with van der Waals surface area (Å²) in [6.45, 7) is 1.70. The molecule has 1 heterocycles. The van der Waals surface area contributed by atoms with Crippen LogP contribution in [0.4, 0.5) is 0 Å². The zero-order valence-electron chi connectivity index (χ0n) is 11.3. The minimum Gasteiger partial charge on any atom is -0.493 e. The predicted molar refractivity (Wildman–Crippen MR) is 73.5 cm³/mol. The summed E-state index contributed by atoms with van der Waals surface area (Å²) in [6.07, 6.45) is 4.48. The molecule has 102 valence electrons. The first kappa shape index (κ1) is 13.4. The van der Waals surface area contributed by atoms with E-state index < -0.39 is 0 Å². The molecular formula is C14H19N3O2. The lowest BCUT2D eigenvalue weighted by atomic mass is 10.2. The lowest BCUT2D eigenvalue weighted by Gasteiger charge is -2.10. The molecule has 0 radical (unpaired) electrons. The number of hydrogen-bond acceptors (Lipinski definition) is 4. The highest BCUT2D eigenvalue weighted by Gasteiger charge is 2.04. The van der Waals surface area contributed by atoms with Crippen molar-refractivity contribution in [2.75, 3.05) is 20.8 Å². The van der Waals surface area contributed by atoms with E-state index in [0.717, 1.165) is 36.7 Å². The Balaban J connectivity index is 1.82. The molecule has 0 unspecified atom stereocenters.